The molecule has 0 aliphatic heterocycles. The fourth-order valence-electron chi connectivity index (χ4n) is 1.11. The molecule has 0 atom stereocenters. The van der Waals surface area contributed by atoms with Crippen LogP contribution in [0.15, 0.2) is 18.6 Å². The third-order valence-corrected chi connectivity index (χ3v) is 1.76. The molecule has 0 amide bonds. The second-order valence-corrected chi connectivity index (χ2v) is 2.61. The van der Waals surface area contributed by atoms with E-state index in [2.05, 4.69) is 9.97 Å². The summed E-state index contributed by atoms with van der Waals surface area (Å²) >= 11 is 0. The van der Waals surface area contributed by atoms with E-state index in [1.54, 1.807) is 0 Å². The Morgan fingerprint density at radius 3 is 2.86 bits per heavy atom. The van der Waals surface area contributed by atoms with E-state index in [0.717, 1.165) is 0 Å². The molecule has 70 valence electrons. The Kier molecular flexibility index (Phi) is 1.74. The Morgan fingerprint density at radius 2 is 2.21 bits per heavy atom. The minimum absolute atomic E-state index is 0.126. The summed E-state index contributed by atoms with van der Waals surface area (Å²) in [7, 11) is 0. The van der Waals surface area contributed by atoms with E-state index in [1.165, 1.54) is 23.0 Å². The summed E-state index contributed by atoms with van der Waals surface area (Å²) in [6, 6.07) is 0. The summed E-state index contributed by atoms with van der Waals surface area (Å²) in [5.74, 6) is -1.14. The smallest absolute Gasteiger partial charge is 0.356 e. The monoisotopic (exact) mass is 191 g/mol. The minimum Gasteiger partial charge on any atom is -0.476 e. The summed E-state index contributed by atoms with van der Waals surface area (Å²) in [5.41, 5.74) is 0.612. The largest absolute Gasteiger partial charge is 0.476 e. The van der Waals surface area contributed by atoms with Gasteiger partial charge in [-0.3, -0.25) is 9.20 Å². The van der Waals surface area contributed by atoms with Gasteiger partial charge in [-0.05, 0) is 0 Å². The lowest BCUT2D eigenvalue weighted by molar-refractivity contribution is 0.0689. The number of carbonyl (C=O) groups excluding carboxylic acids is 1. The van der Waals surface area contributed by atoms with Crippen molar-refractivity contribution in [2.24, 2.45) is 0 Å². The first-order chi connectivity index (χ1) is 6.72. The maximum absolute atomic E-state index is 10.6. The molecule has 14 heavy (non-hydrogen) atoms. The zero-order chi connectivity index (χ0) is 10.1. The number of fused-ring (bicyclic) bond motifs is 1. The van der Waals surface area contributed by atoms with Crippen LogP contribution < -0.4 is 0 Å². The van der Waals surface area contributed by atoms with Gasteiger partial charge in [0, 0.05) is 6.20 Å². The van der Waals surface area contributed by atoms with E-state index < -0.39 is 5.97 Å². The molecule has 0 aliphatic carbocycles. The molecule has 2 aromatic heterocycles. The van der Waals surface area contributed by atoms with Gasteiger partial charge in [0.2, 0.25) is 0 Å². The third kappa shape index (κ3) is 1.13. The first kappa shape index (κ1) is 8.36. The van der Waals surface area contributed by atoms with Crippen molar-refractivity contribution >= 4 is 17.9 Å². The van der Waals surface area contributed by atoms with Gasteiger partial charge in [-0.1, -0.05) is 0 Å². The quantitative estimate of drug-likeness (QED) is 0.687. The molecule has 0 fully saturated rings. The van der Waals surface area contributed by atoms with E-state index >= 15 is 0 Å². The highest BCUT2D eigenvalue weighted by atomic mass is 16.4. The van der Waals surface area contributed by atoms with Crippen molar-refractivity contribution in [2.75, 3.05) is 0 Å². The molecule has 6 nitrogen and oxygen atoms in total. The third-order valence-electron chi connectivity index (χ3n) is 1.76. The topological polar surface area (TPSA) is 84.6 Å². The normalized spacial score (nSPS) is 10.3. The van der Waals surface area contributed by atoms with Gasteiger partial charge in [-0.2, -0.15) is 0 Å². The maximum Gasteiger partial charge on any atom is 0.356 e. The number of hydrogen-bond donors (Lipinski definition) is 1. The highest BCUT2D eigenvalue weighted by Gasteiger charge is 2.08. The van der Waals surface area contributed by atoms with Crippen molar-refractivity contribution in [3.05, 3.63) is 30.0 Å². The second-order valence-electron chi connectivity index (χ2n) is 2.61. The van der Waals surface area contributed by atoms with Gasteiger partial charge in [-0.15, -0.1) is 0 Å². The lowest BCUT2D eigenvalue weighted by atomic mass is 10.4. The molecule has 6 heteroatoms. The van der Waals surface area contributed by atoms with Crippen molar-refractivity contribution in [2.45, 2.75) is 0 Å². The van der Waals surface area contributed by atoms with Gasteiger partial charge in [0.1, 0.15) is 5.69 Å². The standard InChI is InChI=1S/C8H5N3O3/c12-4-5-1-10-7-2-9-6(8(13)14)3-11(5)7/h1-4H,(H,13,14). The zero-order valence-electron chi connectivity index (χ0n) is 6.91. The van der Waals surface area contributed by atoms with E-state index in [0.29, 0.717) is 17.6 Å². The van der Waals surface area contributed by atoms with E-state index in [-0.39, 0.29) is 5.69 Å². The van der Waals surface area contributed by atoms with Crippen LogP contribution in [-0.2, 0) is 0 Å². The Morgan fingerprint density at radius 1 is 1.43 bits per heavy atom. The molecule has 0 aliphatic rings. The number of carboxylic acids is 1. The van der Waals surface area contributed by atoms with E-state index in [4.69, 9.17) is 5.11 Å². The Bertz CT molecular complexity index is 518. The number of nitrogens with zero attached hydrogens (tertiary/aromatic N) is 3. The molecule has 2 rings (SSSR count). The van der Waals surface area contributed by atoms with E-state index in [1.807, 2.05) is 0 Å². The highest BCUT2D eigenvalue weighted by molar-refractivity contribution is 5.85. The van der Waals surface area contributed by atoms with Gasteiger partial charge in [0.25, 0.3) is 0 Å². The van der Waals surface area contributed by atoms with Crippen molar-refractivity contribution in [1.82, 2.24) is 14.4 Å². The SMILES string of the molecule is O=Cc1cnc2cnc(C(=O)O)cn12. The first-order valence-electron chi connectivity index (χ1n) is 3.74. The lowest BCUT2D eigenvalue weighted by Crippen LogP contribution is -2.03. The predicted molar refractivity (Wildman–Crippen MR) is 45.3 cm³/mol. The van der Waals surface area contributed by atoms with Gasteiger partial charge in [-0.25, -0.2) is 14.8 Å². The number of carboxylic acid groups (broad SMARTS) is 1. The second kappa shape index (κ2) is 2.91. The number of aromatic carboxylic acids is 1. The van der Waals surface area contributed by atoms with Crippen LogP contribution in [0, 0.1) is 0 Å². The molecule has 0 bridgehead atoms. The molecule has 0 saturated carbocycles. The summed E-state index contributed by atoms with van der Waals surface area (Å²) in [4.78, 5) is 28.6. The Balaban J connectivity index is 2.73. The van der Waals surface area contributed by atoms with Gasteiger partial charge < -0.3 is 5.11 Å². The molecular formula is C8H5N3O3. The molecule has 2 heterocycles. The van der Waals surface area contributed by atoms with Gasteiger partial charge in [0.15, 0.2) is 17.6 Å². The van der Waals surface area contributed by atoms with Crippen LogP contribution in [0.1, 0.15) is 21.0 Å². The molecule has 0 unspecified atom stereocenters. The number of hydrogen-bond acceptors (Lipinski definition) is 4. The van der Waals surface area contributed by atoms with Crippen LogP contribution in [0.5, 0.6) is 0 Å². The van der Waals surface area contributed by atoms with Crippen LogP contribution in [-0.4, -0.2) is 31.7 Å². The van der Waals surface area contributed by atoms with Crippen LogP contribution in [0.4, 0.5) is 0 Å². The average molecular weight is 191 g/mol. The molecule has 0 radical (unpaired) electrons. The zero-order valence-corrected chi connectivity index (χ0v) is 6.91. The number of aromatic nitrogens is 3. The fraction of sp³-hybridized carbons (Fsp3) is 0. The molecule has 0 spiro atoms. The average Bonchev–Trinajstić information content (AvgIpc) is 2.59. The van der Waals surface area contributed by atoms with E-state index in [9.17, 15) is 9.59 Å². The van der Waals surface area contributed by atoms with Crippen LogP contribution in [0.2, 0.25) is 0 Å². The minimum atomic E-state index is -1.14. The highest BCUT2D eigenvalue weighted by Crippen LogP contribution is 2.04. The van der Waals surface area contributed by atoms with Crippen LogP contribution in [0.3, 0.4) is 0 Å². The van der Waals surface area contributed by atoms with Crippen molar-refractivity contribution in [3.8, 4) is 0 Å². The van der Waals surface area contributed by atoms with Crippen molar-refractivity contribution in [1.29, 1.82) is 0 Å². The fourth-order valence-corrected chi connectivity index (χ4v) is 1.11. The number of carbonyl (C=O) groups is 2. The first-order valence-corrected chi connectivity index (χ1v) is 3.74. The molecule has 1 N–H and O–H groups in total. The molecule has 2 aromatic rings. The Hall–Kier alpha value is -2.24. The number of imidazole rings is 1. The van der Waals surface area contributed by atoms with Crippen molar-refractivity contribution in [3.63, 3.8) is 0 Å². The van der Waals surface area contributed by atoms with Gasteiger partial charge >= 0.3 is 5.97 Å². The van der Waals surface area contributed by atoms with Gasteiger partial charge in [0.05, 0.1) is 12.4 Å². The van der Waals surface area contributed by atoms with Crippen molar-refractivity contribution < 1.29 is 14.7 Å². The predicted octanol–water partition coefficient (Wildman–Crippen LogP) is 0.240. The number of rotatable bonds is 2. The van der Waals surface area contributed by atoms with Crippen LogP contribution in [0.25, 0.3) is 5.65 Å². The molecule has 0 aromatic carbocycles. The summed E-state index contributed by atoms with van der Waals surface area (Å²) in [5, 5.41) is 8.66. The van der Waals surface area contributed by atoms with Crippen LogP contribution >= 0.6 is 0 Å². The lowest BCUT2D eigenvalue weighted by Gasteiger charge is -1.96. The number of aldehydes is 1. The molecular weight excluding hydrogens is 186 g/mol. The summed E-state index contributed by atoms with van der Waals surface area (Å²) < 4.78 is 1.38. The summed E-state index contributed by atoms with van der Waals surface area (Å²) in [6.45, 7) is 0. The molecule has 0 saturated heterocycles. The Labute approximate surface area is 77.8 Å². The summed E-state index contributed by atoms with van der Waals surface area (Å²) in [6.07, 6.45) is 4.52. The maximum atomic E-state index is 10.6.